The fraction of sp³-hybridized carbons (Fsp3) is 0.448. The number of likely N-dealkylation sites (tertiary alicyclic amines) is 1. The third-order valence-corrected chi connectivity index (χ3v) is 8.07. The molecule has 1 saturated heterocycles. The molecule has 11 heteroatoms. The van der Waals surface area contributed by atoms with Gasteiger partial charge >= 0.3 is 6.18 Å². The van der Waals surface area contributed by atoms with E-state index in [1.165, 1.54) is 23.8 Å². The van der Waals surface area contributed by atoms with E-state index in [1.807, 2.05) is 6.07 Å². The molecule has 7 nitrogen and oxygen atoms in total. The SMILES string of the molecule is CCCN1CCC(Nc2cccc3c2cc(C#CCNc2ccc(S(C)(=O)=O)cc2OC)n3CC(F)(F)F)CC1. The molecule has 4 rings (SSSR count). The van der Waals surface area contributed by atoms with Crippen LogP contribution in [0.1, 0.15) is 31.9 Å². The van der Waals surface area contributed by atoms with Gasteiger partial charge in [0.05, 0.1) is 35.4 Å². The smallest absolute Gasteiger partial charge is 0.406 e. The number of alkyl halides is 3. The van der Waals surface area contributed by atoms with Crippen molar-refractivity contribution in [3.63, 3.8) is 0 Å². The predicted octanol–water partition coefficient (Wildman–Crippen LogP) is 5.37. The minimum absolute atomic E-state index is 0.115. The average Bonchev–Trinajstić information content (AvgIpc) is 3.24. The normalized spacial score (nSPS) is 15.1. The predicted molar refractivity (Wildman–Crippen MR) is 153 cm³/mol. The Bertz CT molecular complexity index is 1500. The van der Waals surface area contributed by atoms with Gasteiger partial charge in [0, 0.05) is 42.5 Å². The average molecular weight is 577 g/mol. The molecule has 2 aromatic carbocycles. The topological polar surface area (TPSA) is 75.6 Å². The Hall–Kier alpha value is -3.36. The van der Waals surface area contributed by atoms with E-state index in [9.17, 15) is 21.6 Å². The van der Waals surface area contributed by atoms with Crippen molar-refractivity contribution in [2.24, 2.45) is 0 Å². The second kappa shape index (κ2) is 12.4. The van der Waals surface area contributed by atoms with Crippen molar-refractivity contribution < 1.29 is 26.3 Å². The van der Waals surface area contributed by atoms with Crippen molar-refractivity contribution >= 4 is 32.1 Å². The van der Waals surface area contributed by atoms with Gasteiger partial charge in [0.15, 0.2) is 9.84 Å². The molecule has 216 valence electrons. The summed E-state index contributed by atoms with van der Waals surface area (Å²) in [4.78, 5) is 2.56. The molecule has 3 aromatic rings. The zero-order chi connectivity index (χ0) is 28.9. The highest BCUT2D eigenvalue weighted by Gasteiger charge is 2.30. The van der Waals surface area contributed by atoms with Crippen LogP contribution in [0.25, 0.3) is 10.9 Å². The quantitative estimate of drug-likeness (QED) is 0.334. The molecule has 0 radical (unpaired) electrons. The Morgan fingerprint density at radius 3 is 2.50 bits per heavy atom. The molecule has 2 heterocycles. The number of hydrogen-bond donors (Lipinski definition) is 2. The van der Waals surface area contributed by atoms with E-state index >= 15 is 0 Å². The molecule has 0 aliphatic carbocycles. The number of piperidine rings is 1. The molecule has 1 aliphatic heterocycles. The zero-order valence-corrected chi connectivity index (χ0v) is 23.8. The van der Waals surface area contributed by atoms with Crippen molar-refractivity contribution in [2.45, 2.75) is 49.8 Å². The maximum absolute atomic E-state index is 13.6. The van der Waals surface area contributed by atoms with Crippen molar-refractivity contribution in [3.8, 4) is 17.6 Å². The molecule has 1 aromatic heterocycles. The van der Waals surface area contributed by atoms with Gasteiger partial charge in [-0.1, -0.05) is 18.9 Å². The van der Waals surface area contributed by atoms with Crippen molar-refractivity contribution in [3.05, 3.63) is 48.2 Å². The molecule has 0 saturated carbocycles. The first-order valence-corrected chi connectivity index (χ1v) is 15.2. The number of sulfone groups is 1. The zero-order valence-electron chi connectivity index (χ0n) is 22.9. The number of fused-ring (bicyclic) bond motifs is 1. The van der Waals surface area contributed by atoms with Crippen LogP contribution in [0.4, 0.5) is 24.5 Å². The highest BCUT2D eigenvalue weighted by atomic mass is 32.2. The summed E-state index contributed by atoms with van der Waals surface area (Å²) in [7, 11) is -1.98. The summed E-state index contributed by atoms with van der Waals surface area (Å²) in [5, 5.41) is 7.33. The number of methoxy groups -OCH3 is 1. The molecule has 1 aliphatic rings. The summed E-state index contributed by atoms with van der Waals surface area (Å²) in [6.07, 6.45) is -0.228. The number of rotatable bonds is 9. The van der Waals surface area contributed by atoms with E-state index in [0.29, 0.717) is 22.3 Å². The van der Waals surface area contributed by atoms with Gasteiger partial charge in [-0.3, -0.25) is 0 Å². The molecular formula is C29H35F3N4O3S. The first-order chi connectivity index (χ1) is 19.0. The highest BCUT2D eigenvalue weighted by molar-refractivity contribution is 7.90. The van der Waals surface area contributed by atoms with Crippen LogP contribution in [0, 0.1) is 11.8 Å². The molecule has 1 fully saturated rings. The minimum Gasteiger partial charge on any atom is -0.495 e. The van der Waals surface area contributed by atoms with Crippen molar-refractivity contribution in [1.29, 1.82) is 0 Å². The summed E-state index contributed by atoms with van der Waals surface area (Å²) < 4.78 is 70.8. The van der Waals surface area contributed by atoms with Gasteiger partial charge in [-0.2, -0.15) is 13.2 Å². The van der Waals surface area contributed by atoms with Crippen LogP contribution < -0.4 is 15.4 Å². The van der Waals surface area contributed by atoms with Crippen LogP contribution in [0.2, 0.25) is 0 Å². The summed E-state index contributed by atoms with van der Waals surface area (Å²) in [6.45, 7) is 4.22. The largest absolute Gasteiger partial charge is 0.495 e. The van der Waals surface area contributed by atoms with Gasteiger partial charge in [-0.05, 0) is 62.1 Å². The van der Waals surface area contributed by atoms with Crippen LogP contribution in [0.15, 0.2) is 47.4 Å². The van der Waals surface area contributed by atoms with E-state index in [0.717, 1.165) is 50.8 Å². The third kappa shape index (κ3) is 7.43. The van der Waals surface area contributed by atoms with E-state index in [-0.39, 0.29) is 23.2 Å². The lowest BCUT2D eigenvalue weighted by atomic mass is 10.0. The Kier molecular flexibility index (Phi) is 9.21. The Morgan fingerprint density at radius 1 is 1.10 bits per heavy atom. The highest BCUT2D eigenvalue weighted by Crippen LogP contribution is 2.31. The third-order valence-electron chi connectivity index (χ3n) is 6.96. The molecule has 0 atom stereocenters. The Balaban J connectivity index is 1.56. The monoisotopic (exact) mass is 576 g/mol. The van der Waals surface area contributed by atoms with Crippen LogP contribution in [-0.2, 0) is 16.4 Å². The Labute approximate surface area is 233 Å². The van der Waals surface area contributed by atoms with Gasteiger partial charge < -0.3 is 24.8 Å². The fourth-order valence-corrected chi connectivity index (χ4v) is 5.66. The van der Waals surface area contributed by atoms with Gasteiger partial charge in [0.1, 0.15) is 12.3 Å². The fourth-order valence-electron chi connectivity index (χ4n) is 5.02. The van der Waals surface area contributed by atoms with Gasteiger partial charge in [-0.25, -0.2) is 8.42 Å². The van der Waals surface area contributed by atoms with E-state index < -0.39 is 22.6 Å². The molecule has 0 unspecified atom stereocenters. The molecule has 2 N–H and O–H groups in total. The Morgan fingerprint density at radius 2 is 1.85 bits per heavy atom. The lowest BCUT2D eigenvalue weighted by molar-refractivity contribution is -0.140. The molecule has 0 amide bonds. The molecule has 0 bridgehead atoms. The molecular weight excluding hydrogens is 541 g/mol. The lowest BCUT2D eigenvalue weighted by Gasteiger charge is -2.32. The van der Waals surface area contributed by atoms with E-state index in [1.54, 1.807) is 24.3 Å². The maximum Gasteiger partial charge on any atom is 0.406 e. The van der Waals surface area contributed by atoms with Crippen molar-refractivity contribution in [1.82, 2.24) is 9.47 Å². The summed E-state index contributed by atoms with van der Waals surface area (Å²) in [5.74, 6) is 6.13. The first kappa shape index (κ1) is 29.6. The first-order valence-electron chi connectivity index (χ1n) is 13.3. The van der Waals surface area contributed by atoms with Crippen LogP contribution in [0.3, 0.4) is 0 Å². The number of nitrogens with one attached hydrogen (secondary N) is 2. The number of benzene rings is 2. The number of anilines is 2. The van der Waals surface area contributed by atoms with Gasteiger partial charge in [0.25, 0.3) is 0 Å². The summed E-state index contributed by atoms with van der Waals surface area (Å²) >= 11 is 0. The number of ether oxygens (including phenoxy) is 1. The van der Waals surface area contributed by atoms with E-state index in [2.05, 4.69) is 34.3 Å². The number of hydrogen-bond acceptors (Lipinski definition) is 6. The second-order valence-corrected chi connectivity index (χ2v) is 12.0. The number of aromatic nitrogens is 1. The maximum atomic E-state index is 13.6. The lowest BCUT2D eigenvalue weighted by Crippen LogP contribution is -2.39. The number of nitrogens with zero attached hydrogens (tertiary/aromatic N) is 2. The van der Waals surface area contributed by atoms with Gasteiger partial charge in [0.2, 0.25) is 0 Å². The van der Waals surface area contributed by atoms with Crippen LogP contribution in [-0.4, -0.2) is 69.6 Å². The standard InChI is InChI=1S/C29H35F3N4O3S/c1-4-15-35-16-12-21(13-17-35)34-25-8-5-9-27-24(25)18-22(36(27)20-29(30,31)32)7-6-14-33-26-11-10-23(40(3,37)38)19-28(26)39-2/h5,8-11,18-19,21,33-34H,4,12-17,20H2,1-3H3. The second-order valence-electron chi connectivity index (χ2n) is 10.0. The number of halogens is 3. The van der Waals surface area contributed by atoms with E-state index in [4.69, 9.17) is 4.74 Å². The molecule has 40 heavy (non-hydrogen) atoms. The van der Waals surface area contributed by atoms with Gasteiger partial charge in [-0.15, -0.1) is 0 Å². The summed E-state index contributed by atoms with van der Waals surface area (Å²) in [5.41, 5.74) is 2.07. The minimum atomic E-state index is -4.41. The van der Waals surface area contributed by atoms with Crippen LogP contribution in [0.5, 0.6) is 5.75 Å². The van der Waals surface area contributed by atoms with Crippen molar-refractivity contribution in [2.75, 3.05) is 50.2 Å². The molecule has 0 spiro atoms. The van der Waals surface area contributed by atoms with Crippen LogP contribution >= 0.6 is 0 Å². The summed E-state index contributed by atoms with van der Waals surface area (Å²) in [6, 6.07) is 11.8.